The van der Waals surface area contributed by atoms with Crippen molar-refractivity contribution in [3.05, 3.63) is 35.1 Å². The first-order valence-electron chi connectivity index (χ1n) is 4.34. The van der Waals surface area contributed by atoms with E-state index in [2.05, 4.69) is 0 Å². The summed E-state index contributed by atoms with van der Waals surface area (Å²) >= 11 is 0. The Hall–Kier alpha value is -1.44. The monoisotopic (exact) mass is 193 g/mol. The predicted octanol–water partition coefficient (Wildman–Crippen LogP) is 1.05. The first kappa shape index (κ1) is 10.6. The third kappa shape index (κ3) is 2.28. The lowest BCUT2D eigenvalue weighted by atomic mass is 10.0. The molecule has 14 heavy (non-hydrogen) atoms. The standard InChI is InChI=1S/C10H12FN3/c11-9-2-1-7(5-8(9)6-13)10(14)3-4-12/h1-2,5,10H,3-4,12,14H2/t10-/m0/s1. The lowest BCUT2D eigenvalue weighted by Crippen LogP contribution is -2.15. The van der Waals surface area contributed by atoms with E-state index in [1.807, 2.05) is 0 Å². The number of nitriles is 1. The minimum absolute atomic E-state index is 0.0231. The van der Waals surface area contributed by atoms with Gasteiger partial charge in [0.15, 0.2) is 0 Å². The topological polar surface area (TPSA) is 75.8 Å². The van der Waals surface area contributed by atoms with E-state index in [9.17, 15) is 4.39 Å². The molecule has 3 nitrogen and oxygen atoms in total. The summed E-state index contributed by atoms with van der Waals surface area (Å²) in [6.07, 6.45) is 0.622. The van der Waals surface area contributed by atoms with Crippen molar-refractivity contribution < 1.29 is 4.39 Å². The van der Waals surface area contributed by atoms with Crippen LogP contribution in [0, 0.1) is 17.1 Å². The number of hydrogen-bond acceptors (Lipinski definition) is 3. The smallest absolute Gasteiger partial charge is 0.140 e. The number of nitrogens with two attached hydrogens (primary N) is 2. The zero-order valence-electron chi connectivity index (χ0n) is 7.70. The molecule has 0 radical (unpaired) electrons. The van der Waals surface area contributed by atoms with Crippen molar-refractivity contribution in [2.24, 2.45) is 11.5 Å². The van der Waals surface area contributed by atoms with Gasteiger partial charge in [-0.05, 0) is 30.7 Å². The Morgan fingerprint density at radius 2 is 2.21 bits per heavy atom. The summed E-state index contributed by atoms with van der Waals surface area (Å²) in [5.74, 6) is -0.517. The summed E-state index contributed by atoms with van der Waals surface area (Å²) in [5, 5.41) is 8.60. The molecule has 0 heterocycles. The van der Waals surface area contributed by atoms with Crippen LogP contribution in [0.1, 0.15) is 23.6 Å². The SMILES string of the molecule is N#Cc1cc([C@@H](N)CCN)ccc1F. The van der Waals surface area contributed by atoms with E-state index in [4.69, 9.17) is 16.7 Å². The Morgan fingerprint density at radius 3 is 2.79 bits per heavy atom. The third-order valence-corrected chi connectivity index (χ3v) is 2.02. The summed E-state index contributed by atoms with van der Waals surface area (Å²) in [6.45, 7) is 0.473. The number of rotatable bonds is 3. The van der Waals surface area contributed by atoms with Gasteiger partial charge in [0.2, 0.25) is 0 Å². The fourth-order valence-corrected chi connectivity index (χ4v) is 1.21. The molecule has 0 aliphatic carbocycles. The maximum atomic E-state index is 12.9. The van der Waals surface area contributed by atoms with Gasteiger partial charge in [0, 0.05) is 6.04 Å². The minimum Gasteiger partial charge on any atom is -0.330 e. The van der Waals surface area contributed by atoms with E-state index in [-0.39, 0.29) is 11.6 Å². The second-order valence-electron chi connectivity index (χ2n) is 3.03. The molecule has 74 valence electrons. The normalized spacial score (nSPS) is 12.1. The van der Waals surface area contributed by atoms with Crippen LogP contribution in [-0.2, 0) is 0 Å². The summed E-state index contributed by atoms with van der Waals surface area (Å²) in [5.41, 5.74) is 11.9. The fraction of sp³-hybridized carbons (Fsp3) is 0.300. The molecule has 4 N–H and O–H groups in total. The van der Waals surface area contributed by atoms with E-state index in [1.54, 1.807) is 12.1 Å². The van der Waals surface area contributed by atoms with Crippen molar-refractivity contribution in [3.63, 3.8) is 0 Å². The largest absolute Gasteiger partial charge is 0.330 e. The van der Waals surface area contributed by atoms with E-state index < -0.39 is 5.82 Å². The number of hydrogen-bond donors (Lipinski definition) is 2. The van der Waals surface area contributed by atoms with Crippen LogP contribution in [0.4, 0.5) is 4.39 Å². The highest BCUT2D eigenvalue weighted by Crippen LogP contribution is 2.16. The molecule has 0 unspecified atom stereocenters. The molecule has 0 fully saturated rings. The van der Waals surface area contributed by atoms with Gasteiger partial charge in [-0.1, -0.05) is 6.07 Å². The van der Waals surface area contributed by atoms with Gasteiger partial charge in [-0.3, -0.25) is 0 Å². The van der Waals surface area contributed by atoms with Crippen LogP contribution in [0.2, 0.25) is 0 Å². The van der Waals surface area contributed by atoms with Crippen molar-refractivity contribution >= 4 is 0 Å². The molecule has 0 saturated carbocycles. The number of benzene rings is 1. The molecule has 4 heteroatoms. The van der Waals surface area contributed by atoms with Crippen LogP contribution in [0.3, 0.4) is 0 Å². The van der Waals surface area contributed by atoms with Gasteiger partial charge in [-0.25, -0.2) is 4.39 Å². The molecule has 1 aromatic carbocycles. The van der Waals surface area contributed by atoms with E-state index in [0.717, 1.165) is 5.56 Å². The maximum absolute atomic E-state index is 12.9. The van der Waals surface area contributed by atoms with Crippen LogP contribution >= 0.6 is 0 Å². The second kappa shape index (κ2) is 4.70. The fourth-order valence-electron chi connectivity index (χ4n) is 1.21. The molecule has 1 rings (SSSR count). The average Bonchev–Trinajstić information content (AvgIpc) is 2.19. The van der Waals surface area contributed by atoms with Crippen LogP contribution in [0.25, 0.3) is 0 Å². The third-order valence-electron chi connectivity index (χ3n) is 2.02. The van der Waals surface area contributed by atoms with Crippen molar-refractivity contribution in [1.29, 1.82) is 5.26 Å². The summed E-state index contributed by atoms with van der Waals surface area (Å²) in [4.78, 5) is 0. The van der Waals surface area contributed by atoms with Gasteiger partial charge < -0.3 is 11.5 Å². The molecule has 0 aliphatic rings. The van der Waals surface area contributed by atoms with Crippen LogP contribution in [0.15, 0.2) is 18.2 Å². The van der Waals surface area contributed by atoms with Gasteiger partial charge in [0.1, 0.15) is 11.9 Å². The summed E-state index contributed by atoms with van der Waals surface area (Å²) < 4.78 is 12.9. The predicted molar refractivity (Wildman–Crippen MR) is 51.7 cm³/mol. The van der Waals surface area contributed by atoms with Gasteiger partial charge in [-0.2, -0.15) is 5.26 Å². The summed E-state index contributed by atoms with van der Waals surface area (Å²) in [7, 11) is 0. The molecular formula is C10H12FN3. The first-order valence-corrected chi connectivity index (χ1v) is 4.34. The van der Waals surface area contributed by atoms with Gasteiger partial charge in [0.25, 0.3) is 0 Å². The molecule has 1 aromatic rings. The number of halogens is 1. The lowest BCUT2D eigenvalue weighted by molar-refractivity contribution is 0.617. The number of nitrogens with zero attached hydrogens (tertiary/aromatic N) is 1. The van der Waals surface area contributed by atoms with Crippen LogP contribution in [0.5, 0.6) is 0 Å². The maximum Gasteiger partial charge on any atom is 0.140 e. The van der Waals surface area contributed by atoms with Crippen molar-refractivity contribution in [1.82, 2.24) is 0 Å². The zero-order chi connectivity index (χ0) is 10.6. The highest BCUT2D eigenvalue weighted by atomic mass is 19.1. The Balaban J connectivity index is 2.95. The van der Waals surface area contributed by atoms with Crippen LogP contribution in [-0.4, -0.2) is 6.54 Å². The highest BCUT2D eigenvalue weighted by Gasteiger charge is 2.08. The quantitative estimate of drug-likeness (QED) is 0.753. The van der Waals surface area contributed by atoms with Gasteiger partial charge in [0.05, 0.1) is 5.56 Å². The van der Waals surface area contributed by atoms with Crippen LogP contribution < -0.4 is 11.5 Å². The van der Waals surface area contributed by atoms with Crippen molar-refractivity contribution in [3.8, 4) is 6.07 Å². The summed E-state index contributed by atoms with van der Waals surface area (Å²) in [6, 6.07) is 5.84. The highest BCUT2D eigenvalue weighted by molar-refractivity contribution is 5.35. The molecular weight excluding hydrogens is 181 g/mol. The molecule has 0 bridgehead atoms. The minimum atomic E-state index is -0.517. The van der Waals surface area contributed by atoms with Gasteiger partial charge >= 0.3 is 0 Å². The van der Waals surface area contributed by atoms with Gasteiger partial charge in [-0.15, -0.1) is 0 Å². The molecule has 0 aliphatic heterocycles. The van der Waals surface area contributed by atoms with E-state index in [1.165, 1.54) is 12.1 Å². The Kier molecular flexibility index (Phi) is 3.57. The lowest BCUT2D eigenvalue weighted by Gasteiger charge is -2.10. The molecule has 1 atom stereocenters. The Bertz CT molecular complexity index is 357. The Morgan fingerprint density at radius 1 is 1.50 bits per heavy atom. The van der Waals surface area contributed by atoms with E-state index >= 15 is 0 Å². The molecule has 0 spiro atoms. The van der Waals surface area contributed by atoms with Crippen molar-refractivity contribution in [2.45, 2.75) is 12.5 Å². The second-order valence-corrected chi connectivity index (χ2v) is 3.03. The Labute approximate surface area is 82.1 Å². The zero-order valence-corrected chi connectivity index (χ0v) is 7.70. The molecule has 0 aromatic heterocycles. The molecule has 0 amide bonds. The van der Waals surface area contributed by atoms with Crippen molar-refractivity contribution in [2.75, 3.05) is 6.54 Å². The first-order chi connectivity index (χ1) is 6.69. The molecule has 0 saturated heterocycles. The van der Waals surface area contributed by atoms with E-state index in [0.29, 0.717) is 13.0 Å². The average molecular weight is 193 g/mol.